The van der Waals surface area contributed by atoms with Crippen LogP contribution in [-0.4, -0.2) is 40.7 Å². The summed E-state index contributed by atoms with van der Waals surface area (Å²) >= 11 is 6.42. The standard InChI is InChI=1S/C21H20ClN5O/c1-14-3-2-4-16(22)20(14)25-21-19-12-23-13-27(19)18-6-5-15(11-17(18)24-21)26-7-9-28-10-8-26/h2-6,11-13H,7-10H2,1H3,(H,24,25). The molecular weight excluding hydrogens is 374 g/mol. The van der Waals surface area contributed by atoms with Crippen molar-refractivity contribution in [3.05, 3.63) is 59.5 Å². The topological polar surface area (TPSA) is 54.7 Å². The number of morpholine rings is 1. The molecule has 0 unspecified atom stereocenters. The lowest BCUT2D eigenvalue weighted by Crippen LogP contribution is -2.36. The number of nitrogens with zero attached hydrogens (tertiary/aromatic N) is 4. The van der Waals surface area contributed by atoms with Crippen molar-refractivity contribution in [2.45, 2.75) is 6.92 Å². The smallest absolute Gasteiger partial charge is 0.157 e. The van der Waals surface area contributed by atoms with Crippen molar-refractivity contribution in [2.75, 3.05) is 36.5 Å². The molecular formula is C21H20ClN5O. The number of anilines is 3. The molecule has 0 atom stereocenters. The Kier molecular flexibility index (Phi) is 4.30. The second-order valence-electron chi connectivity index (χ2n) is 6.94. The molecule has 3 heterocycles. The Labute approximate surface area is 167 Å². The normalized spacial score (nSPS) is 14.7. The SMILES string of the molecule is Cc1cccc(Cl)c1Nc1nc2cc(N3CCOCC3)ccc2n2cncc12. The zero-order chi connectivity index (χ0) is 19.1. The lowest BCUT2D eigenvalue weighted by Gasteiger charge is -2.29. The highest BCUT2D eigenvalue weighted by Gasteiger charge is 2.15. The van der Waals surface area contributed by atoms with Gasteiger partial charge in [0.05, 0.1) is 47.5 Å². The molecule has 28 heavy (non-hydrogen) atoms. The molecule has 1 aliphatic heterocycles. The van der Waals surface area contributed by atoms with Gasteiger partial charge in [-0.25, -0.2) is 9.97 Å². The third kappa shape index (κ3) is 2.95. The minimum atomic E-state index is 0.668. The molecule has 0 radical (unpaired) electrons. The Morgan fingerprint density at radius 3 is 2.79 bits per heavy atom. The summed E-state index contributed by atoms with van der Waals surface area (Å²) in [4.78, 5) is 11.6. The van der Waals surface area contributed by atoms with Gasteiger partial charge >= 0.3 is 0 Å². The number of imidazole rings is 1. The average molecular weight is 394 g/mol. The van der Waals surface area contributed by atoms with Crippen LogP contribution in [0.25, 0.3) is 16.6 Å². The van der Waals surface area contributed by atoms with Crippen LogP contribution < -0.4 is 10.2 Å². The van der Waals surface area contributed by atoms with E-state index in [9.17, 15) is 0 Å². The third-order valence-electron chi connectivity index (χ3n) is 5.17. The first kappa shape index (κ1) is 17.3. The van der Waals surface area contributed by atoms with Crippen LogP contribution in [-0.2, 0) is 4.74 Å². The van der Waals surface area contributed by atoms with Gasteiger partial charge in [-0.1, -0.05) is 23.7 Å². The van der Waals surface area contributed by atoms with Crippen molar-refractivity contribution in [2.24, 2.45) is 0 Å². The van der Waals surface area contributed by atoms with Crippen LogP contribution >= 0.6 is 11.6 Å². The maximum Gasteiger partial charge on any atom is 0.157 e. The Morgan fingerprint density at radius 2 is 1.96 bits per heavy atom. The first-order valence-electron chi connectivity index (χ1n) is 9.31. The third-order valence-corrected chi connectivity index (χ3v) is 5.49. The monoisotopic (exact) mass is 393 g/mol. The number of para-hydroxylation sites is 1. The zero-order valence-corrected chi connectivity index (χ0v) is 16.3. The first-order valence-corrected chi connectivity index (χ1v) is 9.69. The minimum absolute atomic E-state index is 0.668. The molecule has 0 amide bonds. The van der Waals surface area contributed by atoms with Crippen LogP contribution in [0.15, 0.2) is 48.9 Å². The summed E-state index contributed by atoms with van der Waals surface area (Å²) in [6.45, 7) is 5.32. The quantitative estimate of drug-likeness (QED) is 0.558. The van der Waals surface area contributed by atoms with Gasteiger partial charge in [0.2, 0.25) is 0 Å². The van der Waals surface area contributed by atoms with Crippen LogP contribution in [0.1, 0.15) is 5.56 Å². The number of benzene rings is 2. The van der Waals surface area contributed by atoms with Crippen LogP contribution in [0.3, 0.4) is 0 Å². The summed E-state index contributed by atoms with van der Waals surface area (Å²) in [5.74, 6) is 0.736. The molecule has 2 aromatic heterocycles. The summed E-state index contributed by atoms with van der Waals surface area (Å²) in [7, 11) is 0. The van der Waals surface area contributed by atoms with E-state index in [1.165, 1.54) is 0 Å². The van der Waals surface area contributed by atoms with Crippen molar-refractivity contribution in [1.82, 2.24) is 14.4 Å². The largest absolute Gasteiger partial charge is 0.378 e. The van der Waals surface area contributed by atoms with Crippen molar-refractivity contribution in [1.29, 1.82) is 0 Å². The molecule has 1 aliphatic rings. The molecule has 7 heteroatoms. The van der Waals surface area contributed by atoms with E-state index in [0.29, 0.717) is 5.02 Å². The van der Waals surface area contributed by atoms with E-state index < -0.39 is 0 Å². The Balaban J connectivity index is 1.64. The number of halogens is 1. The Bertz CT molecular complexity index is 1150. The predicted octanol–water partition coefficient (Wildman–Crippen LogP) is 4.42. The molecule has 0 aliphatic carbocycles. The lowest BCUT2D eigenvalue weighted by atomic mass is 10.2. The number of rotatable bonds is 3. The highest BCUT2D eigenvalue weighted by Crippen LogP contribution is 2.32. The van der Waals surface area contributed by atoms with Gasteiger partial charge in [-0.2, -0.15) is 0 Å². The first-order chi connectivity index (χ1) is 13.7. The molecule has 5 rings (SSSR count). The number of hydrogen-bond donors (Lipinski definition) is 1. The van der Waals surface area contributed by atoms with Gasteiger partial charge in [0.25, 0.3) is 0 Å². The summed E-state index contributed by atoms with van der Waals surface area (Å²) in [6, 6.07) is 12.2. The number of nitrogens with one attached hydrogen (secondary N) is 1. The fourth-order valence-corrected chi connectivity index (χ4v) is 3.93. The van der Waals surface area contributed by atoms with Gasteiger partial charge in [-0.15, -0.1) is 0 Å². The van der Waals surface area contributed by atoms with Crippen molar-refractivity contribution >= 4 is 45.3 Å². The molecule has 6 nitrogen and oxygen atoms in total. The van der Waals surface area contributed by atoms with E-state index in [-0.39, 0.29) is 0 Å². The van der Waals surface area contributed by atoms with E-state index >= 15 is 0 Å². The fraction of sp³-hybridized carbons (Fsp3) is 0.238. The van der Waals surface area contributed by atoms with E-state index in [4.69, 9.17) is 21.3 Å². The molecule has 2 aromatic carbocycles. The second kappa shape index (κ2) is 6.96. The van der Waals surface area contributed by atoms with Gasteiger partial charge in [-0.3, -0.25) is 4.40 Å². The number of hydrogen-bond acceptors (Lipinski definition) is 5. The number of aromatic nitrogens is 3. The fourth-order valence-electron chi connectivity index (χ4n) is 3.66. The molecule has 0 spiro atoms. The number of ether oxygens (including phenoxy) is 1. The van der Waals surface area contributed by atoms with Gasteiger partial charge in [-0.05, 0) is 36.8 Å². The second-order valence-corrected chi connectivity index (χ2v) is 7.35. The summed E-state index contributed by atoms with van der Waals surface area (Å²) in [6.07, 6.45) is 3.63. The van der Waals surface area contributed by atoms with E-state index in [1.54, 1.807) is 0 Å². The van der Waals surface area contributed by atoms with Crippen LogP contribution in [0.2, 0.25) is 5.02 Å². The van der Waals surface area contributed by atoms with Crippen molar-refractivity contribution in [3.63, 3.8) is 0 Å². The predicted molar refractivity (Wildman–Crippen MR) is 113 cm³/mol. The number of fused-ring (bicyclic) bond motifs is 3. The van der Waals surface area contributed by atoms with Gasteiger partial charge in [0.15, 0.2) is 5.82 Å². The number of aryl methyl sites for hydroxylation is 1. The lowest BCUT2D eigenvalue weighted by molar-refractivity contribution is 0.122. The molecule has 1 saturated heterocycles. The van der Waals surface area contributed by atoms with E-state index in [1.807, 2.05) is 37.6 Å². The molecule has 0 saturated carbocycles. The van der Waals surface area contributed by atoms with E-state index in [2.05, 4.69) is 37.8 Å². The van der Waals surface area contributed by atoms with Gasteiger partial charge in [0.1, 0.15) is 5.52 Å². The molecule has 142 valence electrons. The maximum atomic E-state index is 6.42. The van der Waals surface area contributed by atoms with Crippen LogP contribution in [0.5, 0.6) is 0 Å². The van der Waals surface area contributed by atoms with E-state index in [0.717, 1.165) is 65.6 Å². The van der Waals surface area contributed by atoms with Crippen molar-refractivity contribution in [3.8, 4) is 0 Å². The van der Waals surface area contributed by atoms with Gasteiger partial charge in [0, 0.05) is 18.8 Å². The summed E-state index contributed by atoms with van der Waals surface area (Å²) < 4.78 is 7.53. The highest BCUT2D eigenvalue weighted by atomic mass is 35.5. The van der Waals surface area contributed by atoms with Crippen LogP contribution in [0, 0.1) is 6.92 Å². The zero-order valence-electron chi connectivity index (χ0n) is 15.5. The Hall–Kier alpha value is -2.83. The Morgan fingerprint density at radius 1 is 1.11 bits per heavy atom. The molecule has 4 aromatic rings. The minimum Gasteiger partial charge on any atom is -0.378 e. The maximum absolute atomic E-state index is 6.42. The van der Waals surface area contributed by atoms with Gasteiger partial charge < -0.3 is 15.0 Å². The molecule has 1 N–H and O–H groups in total. The summed E-state index contributed by atoms with van der Waals surface area (Å²) in [5, 5.41) is 4.09. The highest BCUT2D eigenvalue weighted by molar-refractivity contribution is 6.33. The summed E-state index contributed by atoms with van der Waals surface area (Å²) in [5.41, 5.74) is 5.92. The molecule has 0 bridgehead atoms. The van der Waals surface area contributed by atoms with Crippen molar-refractivity contribution < 1.29 is 4.74 Å². The molecule has 1 fully saturated rings. The average Bonchev–Trinajstić information content (AvgIpc) is 3.21. The van der Waals surface area contributed by atoms with Crippen LogP contribution in [0.4, 0.5) is 17.2 Å².